The molecule has 0 bridgehead atoms. The van der Waals surface area contributed by atoms with E-state index in [0.717, 1.165) is 83.0 Å². The molecule has 0 atom stereocenters. The monoisotopic (exact) mass is 556 g/mol. The molecule has 3 heterocycles. The van der Waals surface area contributed by atoms with Crippen LogP contribution in [-0.4, -0.2) is 64.9 Å². The van der Waals surface area contributed by atoms with Crippen LogP contribution in [0.1, 0.15) is 53.9 Å². The van der Waals surface area contributed by atoms with Crippen molar-refractivity contribution in [1.82, 2.24) is 29.9 Å². The Morgan fingerprint density at radius 3 is 2.78 bits per heavy atom. The summed E-state index contributed by atoms with van der Waals surface area (Å²) in [4.78, 5) is 27.9. The third-order valence-electron chi connectivity index (χ3n) is 8.19. The van der Waals surface area contributed by atoms with Gasteiger partial charge >= 0.3 is 0 Å². The van der Waals surface area contributed by atoms with Crippen molar-refractivity contribution in [2.75, 3.05) is 33.8 Å². The normalized spacial score (nSPS) is 14.1. The lowest BCUT2D eigenvalue weighted by molar-refractivity contribution is -0.123. The van der Waals surface area contributed by atoms with Crippen molar-refractivity contribution in [2.45, 2.75) is 52.6 Å². The predicted molar refractivity (Wildman–Crippen MR) is 161 cm³/mol. The first-order chi connectivity index (χ1) is 19.7. The fourth-order valence-electron chi connectivity index (χ4n) is 6.52. The topological polar surface area (TPSA) is 93.4 Å². The fourth-order valence-corrected chi connectivity index (χ4v) is 6.52. The third-order valence-corrected chi connectivity index (χ3v) is 8.19. The van der Waals surface area contributed by atoms with Gasteiger partial charge in [0.15, 0.2) is 6.61 Å². The quantitative estimate of drug-likeness (QED) is 0.288. The number of hydrogen-bond acceptors (Lipinski definition) is 5. The maximum atomic E-state index is 13.3. The van der Waals surface area contributed by atoms with E-state index in [1.54, 1.807) is 0 Å². The first-order valence-corrected chi connectivity index (χ1v) is 14.7. The number of nitrogens with one attached hydrogen (secondary N) is 2. The van der Waals surface area contributed by atoms with Gasteiger partial charge in [-0.15, -0.1) is 0 Å². The van der Waals surface area contributed by atoms with Gasteiger partial charge in [0.2, 0.25) is 0 Å². The van der Waals surface area contributed by atoms with E-state index >= 15 is 0 Å². The Labute approximate surface area is 240 Å². The molecule has 0 unspecified atom stereocenters. The lowest BCUT2D eigenvalue weighted by Gasteiger charge is -2.22. The lowest BCUT2D eigenvalue weighted by Crippen LogP contribution is -2.30. The Kier molecular flexibility index (Phi) is 7.23. The Bertz CT molecular complexity index is 1660. The van der Waals surface area contributed by atoms with Crippen molar-refractivity contribution >= 4 is 33.6 Å². The van der Waals surface area contributed by atoms with Crippen LogP contribution in [0.2, 0.25) is 0 Å². The van der Waals surface area contributed by atoms with Gasteiger partial charge in [-0.3, -0.25) is 14.3 Å². The summed E-state index contributed by atoms with van der Waals surface area (Å²) < 4.78 is 10.3. The molecule has 41 heavy (non-hydrogen) atoms. The van der Waals surface area contributed by atoms with E-state index < -0.39 is 0 Å². The molecule has 0 spiro atoms. The van der Waals surface area contributed by atoms with Gasteiger partial charge in [0, 0.05) is 60.3 Å². The van der Waals surface area contributed by atoms with Gasteiger partial charge in [-0.2, -0.15) is 5.10 Å². The highest BCUT2D eigenvalue weighted by atomic mass is 16.5. The molecule has 1 aliphatic heterocycles. The highest BCUT2D eigenvalue weighted by molar-refractivity contribution is 6.19. The van der Waals surface area contributed by atoms with Crippen LogP contribution in [0.3, 0.4) is 0 Å². The molecule has 0 saturated heterocycles. The molecule has 1 aliphatic carbocycles. The summed E-state index contributed by atoms with van der Waals surface area (Å²) in [5.74, 6) is 0.956. The Hall–Kier alpha value is -3.85. The molecular weight excluding hydrogens is 516 g/mol. The Morgan fingerprint density at radius 1 is 1.17 bits per heavy atom. The van der Waals surface area contributed by atoms with Crippen LogP contribution < -0.4 is 15.4 Å². The van der Waals surface area contributed by atoms with Crippen molar-refractivity contribution in [3.63, 3.8) is 0 Å². The van der Waals surface area contributed by atoms with E-state index in [4.69, 9.17) is 9.84 Å². The van der Waals surface area contributed by atoms with Gasteiger partial charge in [0.1, 0.15) is 5.75 Å². The number of aryl methyl sites for hydroxylation is 3. The molecule has 2 amide bonds. The zero-order valence-electron chi connectivity index (χ0n) is 24.8. The minimum atomic E-state index is -0.116. The highest BCUT2D eigenvalue weighted by Crippen LogP contribution is 2.47. The summed E-state index contributed by atoms with van der Waals surface area (Å²) in [6, 6.07) is 6.11. The molecule has 0 saturated carbocycles. The fraction of sp³-hybridized carbons (Fsp3) is 0.469. The summed E-state index contributed by atoms with van der Waals surface area (Å²) in [5.41, 5.74) is 8.55. The second-order valence-electron chi connectivity index (χ2n) is 12.1. The predicted octanol–water partition coefficient (Wildman–Crippen LogP) is 4.03. The number of hydrogen-bond donors (Lipinski definition) is 2. The van der Waals surface area contributed by atoms with E-state index in [-0.39, 0.29) is 18.4 Å². The van der Waals surface area contributed by atoms with Gasteiger partial charge in [-0.25, -0.2) is 0 Å². The Balaban J connectivity index is 1.40. The van der Waals surface area contributed by atoms with Crippen LogP contribution in [0.5, 0.6) is 5.75 Å². The van der Waals surface area contributed by atoms with Gasteiger partial charge in [-0.05, 0) is 81.6 Å². The van der Waals surface area contributed by atoms with Crippen molar-refractivity contribution < 1.29 is 14.3 Å². The zero-order valence-corrected chi connectivity index (χ0v) is 24.8. The van der Waals surface area contributed by atoms with Crippen LogP contribution >= 0.6 is 0 Å². The van der Waals surface area contributed by atoms with Crippen LogP contribution in [0.4, 0.5) is 0 Å². The van der Waals surface area contributed by atoms with Crippen LogP contribution in [0, 0.1) is 5.92 Å². The molecule has 216 valence electrons. The molecule has 9 nitrogen and oxygen atoms in total. The first kappa shape index (κ1) is 27.3. The average Bonchev–Trinajstić information content (AvgIpc) is 3.59. The van der Waals surface area contributed by atoms with Gasteiger partial charge < -0.3 is 24.8 Å². The summed E-state index contributed by atoms with van der Waals surface area (Å²) in [6.07, 6.45) is 5.72. The molecule has 6 rings (SSSR count). The number of ether oxygens (including phenoxy) is 1. The number of amides is 2. The molecule has 2 aliphatic rings. The van der Waals surface area contributed by atoms with Gasteiger partial charge in [0.25, 0.3) is 11.8 Å². The molecule has 2 N–H and O–H groups in total. The highest BCUT2D eigenvalue weighted by Gasteiger charge is 2.35. The minimum absolute atomic E-state index is 0.0192. The number of unbranched alkanes of at least 4 members (excludes halogenated alkanes) is 1. The SMILES string of the molecule is CC(C)Cn1c2ccc(OCC(=O)NCCCCN(C)C)cc2c2c3c(c4c(c21)CCc1nn(C)cc1-4)C(=O)NC3. The molecular formula is C32H40N6O3. The van der Waals surface area contributed by atoms with Crippen molar-refractivity contribution in [3.05, 3.63) is 46.8 Å². The second-order valence-corrected chi connectivity index (χ2v) is 12.1. The summed E-state index contributed by atoms with van der Waals surface area (Å²) >= 11 is 0. The van der Waals surface area contributed by atoms with E-state index in [9.17, 15) is 9.59 Å². The number of aromatic nitrogens is 3. The van der Waals surface area contributed by atoms with E-state index in [1.807, 2.05) is 23.9 Å². The van der Waals surface area contributed by atoms with Gasteiger partial charge in [0.05, 0.1) is 16.8 Å². The Morgan fingerprint density at radius 2 is 2.00 bits per heavy atom. The number of benzene rings is 2. The number of fused-ring (bicyclic) bond motifs is 10. The number of nitrogens with zero attached hydrogens (tertiary/aromatic N) is 4. The van der Waals surface area contributed by atoms with E-state index in [1.165, 1.54) is 11.1 Å². The van der Waals surface area contributed by atoms with Crippen molar-refractivity contribution in [3.8, 4) is 16.9 Å². The lowest BCUT2D eigenvalue weighted by atomic mass is 9.82. The van der Waals surface area contributed by atoms with E-state index in [0.29, 0.717) is 24.8 Å². The largest absolute Gasteiger partial charge is 0.484 e. The molecule has 2 aromatic carbocycles. The third kappa shape index (κ3) is 4.96. The smallest absolute Gasteiger partial charge is 0.257 e. The van der Waals surface area contributed by atoms with Crippen LogP contribution in [0.25, 0.3) is 32.9 Å². The number of rotatable bonds is 10. The van der Waals surface area contributed by atoms with Crippen molar-refractivity contribution in [2.24, 2.45) is 13.0 Å². The second kappa shape index (κ2) is 10.9. The molecule has 2 aromatic heterocycles. The van der Waals surface area contributed by atoms with Gasteiger partial charge in [-0.1, -0.05) is 13.8 Å². The molecule has 0 fully saturated rings. The van der Waals surface area contributed by atoms with Crippen LogP contribution in [-0.2, 0) is 37.8 Å². The standard InChI is InChI=1S/C32H40N6O3/c1-19(2)16-38-26-11-8-20(41-18-27(39)33-12-6-7-13-36(3)4)14-22(26)29-23-15-34-32(40)30(23)28-21(31(29)38)9-10-25-24(28)17-37(5)35-25/h8,11,14,17,19H,6-7,9-10,12-13,15-16,18H2,1-5H3,(H,33,39)(H,34,40). The summed E-state index contributed by atoms with van der Waals surface area (Å²) in [7, 11) is 6.05. The zero-order chi connectivity index (χ0) is 28.8. The van der Waals surface area contributed by atoms with Crippen LogP contribution in [0.15, 0.2) is 24.4 Å². The van der Waals surface area contributed by atoms with Crippen molar-refractivity contribution in [1.29, 1.82) is 0 Å². The van der Waals surface area contributed by atoms with E-state index in [2.05, 4.69) is 60.3 Å². The molecule has 0 radical (unpaired) electrons. The maximum Gasteiger partial charge on any atom is 0.257 e. The maximum absolute atomic E-state index is 13.3. The summed E-state index contributed by atoms with van der Waals surface area (Å²) in [6.45, 7) is 7.46. The average molecular weight is 557 g/mol. The minimum Gasteiger partial charge on any atom is -0.484 e. The molecule has 4 aromatic rings. The summed E-state index contributed by atoms with van der Waals surface area (Å²) in [5, 5.41) is 13.0. The molecule has 9 heteroatoms. The number of carbonyl (C=O) groups excluding carboxylic acids is 2. The number of carbonyl (C=O) groups is 2. The first-order valence-electron chi connectivity index (χ1n) is 14.7.